The Kier molecular flexibility index (Phi) is 7.08. The van der Waals surface area contributed by atoms with Crippen LogP contribution in [0, 0.1) is 12.8 Å². The molecule has 0 spiro atoms. The van der Waals surface area contributed by atoms with E-state index in [2.05, 4.69) is 11.8 Å². The fourth-order valence-electron chi connectivity index (χ4n) is 4.61. The molecule has 2 saturated heterocycles. The molecule has 0 saturated carbocycles. The molecule has 2 aliphatic heterocycles. The summed E-state index contributed by atoms with van der Waals surface area (Å²) >= 11 is 6.17. The summed E-state index contributed by atoms with van der Waals surface area (Å²) in [7, 11) is -3.36. The van der Waals surface area contributed by atoms with Gasteiger partial charge in [-0.15, -0.1) is 0 Å². The largest absolute Gasteiger partial charge is 0.368 e. The molecule has 0 radical (unpaired) electrons. The Bertz CT molecular complexity index is 1050. The van der Waals surface area contributed by atoms with Crippen molar-refractivity contribution in [1.29, 1.82) is 0 Å². The van der Waals surface area contributed by atoms with Crippen LogP contribution in [-0.2, 0) is 20.6 Å². The van der Waals surface area contributed by atoms with Crippen molar-refractivity contribution in [3.05, 3.63) is 64.7 Å². The van der Waals surface area contributed by atoms with Gasteiger partial charge in [0.05, 0.1) is 5.75 Å². The first kappa shape index (κ1) is 23.1. The number of carbonyl (C=O) groups excluding carboxylic acids is 1. The number of anilines is 1. The molecule has 1 amide bonds. The maximum absolute atomic E-state index is 13.1. The highest BCUT2D eigenvalue weighted by molar-refractivity contribution is 7.88. The molecular weight excluding hydrogens is 446 g/mol. The zero-order chi connectivity index (χ0) is 22.7. The summed E-state index contributed by atoms with van der Waals surface area (Å²) in [6.07, 6.45) is 1.17. The van der Waals surface area contributed by atoms with Crippen LogP contribution in [0.4, 0.5) is 5.69 Å². The number of nitrogens with zero attached hydrogens (tertiary/aromatic N) is 3. The molecule has 2 aliphatic rings. The van der Waals surface area contributed by atoms with Crippen LogP contribution in [0.2, 0.25) is 5.02 Å². The van der Waals surface area contributed by atoms with Gasteiger partial charge in [-0.25, -0.2) is 12.7 Å². The first-order chi connectivity index (χ1) is 15.3. The zero-order valence-corrected chi connectivity index (χ0v) is 20.0. The number of benzene rings is 2. The zero-order valence-electron chi connectivity index (χ0n) is 18.4. The lowest BCUT2D eigenvalue weighted by Gasteiger charge is -2.39. The Morgan fingerprint density at radius 3 is 2.28 bits per heavy atom. The fourth-order valence-corrected chi connectivity index (χ4v) is 6.34. The highest BCUT2D eigenvalue weighted by Gasteiger charge is 2.34. The maximum Gasteiger partial charge on any atom is 0.225 e. The topological polar surface area (TPSA) is 60.9 Å². The number of halogens is 1. The van der Waals surface area contributed by atoms with Crippen molar-refractivity contribution >= 4 is 33.2 Å². The van der Waals surface area contributed by atoms with Crippen LogP contribution in [0.5, 0.6) is 0 Å². The van der Waals surface area contributed by atoms with Gasteiger partial charge in [0.15, 0.2) is 0 Å². The van der Waals surface area contributed by atoms with Gasteiger partial charge in [-0.3, -0.25) is 4.79 Å². The lowest BCUT2D eigenvalue weighted by molar-refractivity contribution is -0.137. The number of hydrogen-bond acceptors (Lipinski definition) is 4. The number of sulfonamides is 1. The van der Waals surface area contributed by atoms with Crippen LogP contribution >= 0.6 is 11.6 Å². The van der Waals surface area contributed by atoms with E-state index in [-0.39, 0.29) is 17.6 Å². The molecule has 0 aromatic heterocycles. The van der Waals surface area contributed by atoms with Crippen LogP contribution in [-0.4, -0.2) is 62.8 Å². The minimum atomic E-state index is -3.36. The predicted octanol–water partition coefficient (Wildman–Crippen LogP) is 3.54. The molecule has 172 valence electrons. The Hall–Kier alpha value is -2.09. The molecule has 32 heavy (non-hydrogen) atoms. The third kappa shape index (κ3) is 5.27. The Morgan fingerprint density at radius 2 is 1.62 bits per heavy atom. The quantitative estimate of drug-likeness (QED) is 0.663. The molecule has 8 heteroatoms. The second-order valence-electron chi connectivity index (χ2n) is 8.66. The summed E-state index contributed by atoms with van der Waals surface area (Å²) in [5.41, 5.74) is 3.10. The summed E-state index contributed by atoms with van der Waals surface area (Å²) < 4.78 is 27.1. The SMILES string of the molecule is Cc1ccc(Cl)cc1N1CCN(C(=O)C2CCN(S(=O)(=O)Cc3ccccc3)CC2)CC1. The van der Waals surface area contributed by atoms with E-state index in [9.17, 15) is 13.2 Å². The average Bonchev–Trinajstić information content (AvgIpc) is 2.81. The van der Waals surface area contributed by atoms with Crippen molar-refractivity contribution in [2.45, 2.75) is 25.5 Å². The number of piperazine rings is 1. The number of carbonyl (C=O) groups is 1. The molecule has 2 aromatic rings. The molecule has 0 atom stereocenters. The fraction of sp³-hybridized carbons (Fsp3) is 0.458. The highest BCUT2D eigenvalue weighted by Crippen LogP contribution is 2.27. The number of piperidine rings is 1. The molecule has 6 nitrogen and oxygen atoms in total. The van der Waals surface area contributed by atoms with E-state index in [0.29, 0.717) is 39.0 Å². The molecular formula is C24H30ClN3O3S. The molecule has 0 N–H and O–H groups in total. The van der Waals surface area contributed by atoms with E-state index in [1.807, 2.05) is 53.4 Å². The van der Waals surface area contributed by atoms with E-state index in [1.54, 1.807) is 4.31 Å². The van der Waals surface area contributed by atoms with Crippen LogP contribution < -0.4 is 4.90 Å². The average molecular weight is 476 g/mol. The number of rotatable bonds is 5. The van der Waals surface area contributed by atoms with Gasteiger partial charge in [0.25, 0.3) is 0 Å². The summed E-state index contributed by atoms with van der Waals surface area (Å²) in [4.78, 5) is 17.3. The predicted molar refractivity (Wildman–Crippen MR) is 128 cm³/mol. The van der Waals surface area contributed by atoms with E-state index in [1.165, 1.54) is 5.56 Å². The van der Waals surface area contributed by atoms with Crippen LogP contribution in [0.3, 0.4) is 0 Å². The maximum atomic E-state index is 13.1. The summed E-state index contributed by atoms with van der Waals surface area (Å²) in [6, 6.07) is 15.1. The van der Waals surface area contributed by atoms with Gasteiger partial charge in [-0.2, -0.15) is 0 Å². The second kappa shape index (κ2) is 9.81. The van der Waals surface area contributed by atoms with Gasteiger partial charge < -0.3 is 9.80 Å². The summed E-state index contributed by atoms with van der Waals surface area (Å²) in [6.45, 7) is 5.80. The van der Waals surface area contributed by atoms with Crippen molar-refractivity contribution in [2.24, 2.45) is 5.92 Å². The summed E-state index contributed by atoms with van der Waals surface area (Å²) in [5.74, 6) is 0.0716. The Morgan fingerprint density at radius 1 is 0.969 bits per heavy atom. The van der Waals surface area contributed by atoms with Gasteiger partial charge in [0.1, 0.15) is 0 Å². The van der Waals surface area contributed by atoms with E-state index < -0.39 is 10.0 Å². The standard InChI is InChI=1S/C24H30ClN3O3S/c1-19-7-8-22(25)17-23(19)26-13-15-27(16-14-26)24(29)21-9-11-28(12-10-21)32(30,31)18-20-5-3-2-4-6-20/h2-8,17,21H,9-16,18H2,1H3. The third-order valence-corrected chi connectivity index (χ3v) is 8.58. The first-order valence-electron chi connectivity index (χ1n) is 11.1. The van der Waals surface area contributed by atoms with E-state index in [0.717, 1.165) is 29.4 Å². The van der Waals surface area contributed by atoms with Gasteiger partial charge in [-0.1, -0.05) is 48.0 Å². The smallest absolute Gasteiger partial charge is 0.225 e. The molecule has 2 heterocycles. The first-order valence-corrected chi connectivity index (χ1v) is 13.1. The summed E-state index contributed by atoms with van der Waals surface area (Å²) in [5, 5.41) is 0.720. The van der Waals surface area contributed by atoms with E-state index >= 15 is 0 Å². The lowest BCUT2D eigenvalue weighted by Crippen LogP contribution is -2.52. The van der Waals surface area contributed by atoms with Crippen LogP contribution in [0.1, 0.15) is 24.0 Å². The minimum absolute atomic E-state index is 0.0112. The van der Waals surface area contributed by atoms with Gasteiger partial charge >= 0.3 is 0 Å². The number of amides is 1. The lowest BCUT2D eigenvalue weighted by atomic mass is 9.96. The normalized spacial score (nSPS) is 18.7. The number of aryl methyl sites for hydroxylation is 1. The highest BCUT2D eigenvalue weighted by atomic mass is 35.5. The molecule has 0 aliphatic carbocycles. The molecule has 2 aromatic carbocycles. The molecule has 4 rings (SSSR count). The van der Waals surface area contributed by atoms with Gasteiger partial charge in [0, 0.05) is 55.9 Å². The minimum Gasteiger partial charge on any atom is -0.368 e. The monoisotopic (exact) mass is 475 g/mol. The third-order valence-electron chi connectivity index (χ3n) is 6.49. The van der Waals surface area contributed by atoms with Crippen molar-refractivity contribution in [3.63, 3.8) is 0 Å². The Labute approximate surface area is 195 Å². The van der Waals surface area contributed by atoms with Crippen LogP contribution in [0.25, 0.3) is 0 Å². The molecule has 0 bridgehead atoms. The van der Waals surface area contributed by atoms with Gasteiger partial charge in [0.2, 0.25) is 15.9 Å². The van der Waals surface area contributed by atoms with Crippen LogP contribution in [0.15, 0.2) is 48.5 Å². The van der Waals surface area contributed by atoms with Crippen molar-refractivity contribution in [3.8, 4) is 0 Å². The second-order valence-corrected chi connectivity index (χ2v) is 11.1. The van der Waals surface area contributed by atoms with Crippen molar-refractivity contribution in [2.75, 3.05) is 44.2 Å². The number of hydrogen-bond donors (Lipinski definition) is 0. The molecule has 0 unspecified atom stereocenters. The van der Waals surface area contributed by atoms with Crippen molar-refractivity contribution < 1.29 is 13.2 Å². The van der Waals surface area contributed by atoms with Crippen molar-refractivity contribution in [1.82, 2.24) is 9.21 Å². The molecule has 2 fully saturated rings. The Balaban J connectivity index is 1.29. The van der Waals surface area contributed by atoms with E-state index in [4.69, 9.17) is 11.6 Å². The van der Waals surface area contributed by atoms with Gasteiger partial charge in [-0.05, 0) is 43.0 Å².